The molecule has 1 unspecified atom stereocenters. The van der Waals surface area contributed by atoms with Crippen LogP contribution >= 0.6 is 0 Å². The van der Waals surface area contributed by atoms with E-state index < -0.39 is 34.7 Å². The minimum Gasteiger partial charge on any atom is -0.459 e. The maximum absolute atomic E-state index is 12.8. The van der Waals surface area contributed by atoms with Gasteiger partial charge in [-0.05, 0) is 53.5 Å². The summed E-state index contributed by atoms with van der Waals surface area (Å²) >= 11 is 0. The van der Waals surface area contributed by atoms with Crippen LogP contribution in [0.25, 0.3) is 0 Å². The number of rotatable bonds is 3. The number of hydrogen-bond donors (Lipinski definition) is 1. The zero-order valence-corrected chi connectivity index (χ0v) is 14.9. The third-order valence-electron chi connectivity index (χ3n) is 3.31. The van der Waals surface area contributed by atoms with Crippen LogP contribution in [0.2, 0.25) is 0 Å². The van der Waals surface area contributed by atoms with Gasteiger partial charge in [-0.2, -0.15) is 0 Å². The van der Waals surface area contributed by atoms with Crippen molar-refractivity contribution >= 4 is 11.9 Å². The van der Waals surface area contributed by atoms with Crippen LogP contribution in [-0.2, 0) is 19.1 Å². The summed E-state index contributed by atoms with van der Waals surface area (Å²) in [6.07, 6.45) is 2.24. The van der Waals surface area contributed by atoms with Crippen molar-refractivity contribution in [3.05, 3.63) is 24.3 Å². The van der Waals surface area contributed by atoms with E-state index in [4.69, 9.17) is 9.47 Å². The van der Waals surface area contributed by atoms with Gasteiger partial charge >= 0.3 is 11.9 Å². The van der Waals surface area contributed by atoms with E-state index in [0.717, 1.165) is 0 Å². The molecule has 5 nitrogen and oxygen atoms in total. The van der Waals surface area contributed by atoms with Crippen molar-refractivity contribution in [2.24, 2.45) is 5.41 Å². The predicted octanol–water partition coefficient (Wildman–Crippen LogP) is 2.92. The number of ether oxygens (including phenoxy) is 2. The highest BCUT2D eigenvalue weighted by Gasteiger charge is 2.53. The highest BCUT2D eigenvalue weighted by atomic mass is 16.6. The van der Waals surface area contributed by atoms with Crippen molar-refractivity contribution in [3.63, 3.8) is 0 Å². The Morgan fingerprint density at radius 1 is 1.17 bits per heavy atom. The molecule has 0 spiro atoms. The van der Waals surface area contributed by atoms with Crippen LogP contribution in [0.3, 0.4) is 0 Å². The second-order valence-corrected chi connectivity index (χ2v) is 7.98. The molecule has 0 aromatic rings. The Morgan fingerprint density at radius 2 is 1.61 bits per heavy atom. The molecule has 0 fully saturated rings. The van der Waals surface area contributed by atoms with Gasteiger partial charge < -0.3 is 14.6 Å². The Morgan fingerprint density at radius 3 is 1.96 bits per heavy atom. The van der Waals surface area contributed by atoms with Crippen molar-refractivity contribution in [2.45, 2.75) is 71.7 Å². The Kier molecular flexibility index (Phi) is 5.47. The van der Waals surface area contributed by atoms with Crippen LogP contribution in [0.15, 0.2) is 24.3 Å². The van der Waals surface area contributed by atoms with Crippen molar-refractivity contribution < 1.29 is 24.2 Å². The highest BCUT2D eigenvalue weighted by Crippen LogP contribution is 2.41. The fraction of sp³-hybridized carbons (Fsp3) is 0.667. The van der Waals surface area contributed by atoms with Gasteiger partial charge in [-0.25, -0.2) is 0 Å². The van der Waals surface area contributed by atoms with Crippen LogP contribution in [0, 0.1) is 5.41 Å². The zero-order chi connectivity index (χ0) is 18.1. The fourth-order valence-electron chi connectivity index (χ4n) is 2.43. The smallest absolute Gasteiger partial charge is 0.324 e. The van der Waals surface area contributed by atoms with Gasteiger partial charge in [0, 0.05) is 6.42 Å². The number of carbonyl (C=O) groups excluding carboxylic acids is 2. The summed E-state index contributed by atoms with van der Waals surface area (Å²) in [6.45, 7) is 14.1. The number of aliphatic hydroxyl groups excluding tert-OH is 1. The number of aliphatic hydroxyl groups is 1. The normalized spacial score (nSPS) is 21.2. The van der Waals surface area contributed by atoms with Gasteiger partial charge in [0.25, 0.3) is 0 Å². The number of esters is 2. The Labute approximate surface area is 138 Å². The minimum atomic E-state index is -1.56. The maximum atomic E-state index is 12.8. The number of hydrogen-bond acceptors (Lipinski definition) is 5. The van der Waals surface area contributed by atoms with Crippen molar-refractivity contribution in [1.29, 1.82) is 0 Å². The van der Waals surface area contributed by atoms with E-state index in [1.54, 1.807) is 47.6 Å². The SMILES string of the molecule is C=CC1=CC(O)CC(C(=O)OC(C)(C)C)(C(=O)OC(C)(C)C)C1. The van der Waals surface area contributed by atoms with E-state index in [1.807, 2.05) is 0 Å². The van der Waals surface area contributed by atoms with Crippen LogP contribution in [0.5, 0.6) is 0 Å². The topological polar surface area (TPSA) is 72.8 Å². The van der Waals surface area contributed by atoms with Crippen molar-refractivity contribution in [1.82, 2.24) is 0 Å². The van der Waals surface area contributed by atoms with Crippen LogP contribution in [0.1, 0.15) is 54.4 Å². The summed E-state index contributed by atoms with van der Waals surface area (Å²) in [7, 11) is 0. The molecule has 1 rings (SSSR count). The molecule has 130 valence electrons. The molecule has 0 saturated carbocycles. The first kappa shape index (κ1) is 19.4. The average Bonchev–Trinajstić information content (AvgIpc) is 2.33. The first-order chi connectivity index (χ1) is 10.3. The molecule has 0 heterocycles. The minimum absolute atomic E-state index is 0.0613. The monoisotopic (exact) mass is 324 g/mol. The summed E-state index contributed by atoms with van der Waals surface area (Å²) in [4.78, 5) is 25.5. The third kappa shape index (κ3) is 5.20. The molecule has 0 saturated heterocycles. The average molecular weight is 324 g/mol. The molecule has 5 heteroatoms. The molecule has 0 radical (unpaired) electrons. The molecule has 1 aliphatic rings. The molecular weight excluding hydrogens is 296 g/mol. The van der Waals surface area contributed by atoms with Gasteiger partial charge in [0.15, 0.2) is 5.41 Å². The van der Waals surface area contributed by atoms with Gasteiger partial charge in [0.05, 0.1) is 6.10 Å². The first-order valence-corrected chi connectivity index (χ1v) is 7.77. The largest absolute Gasteiger partial charge is 0.459 e. The van der Waals surface area contributed by atoms with Gasteiger partial charge in [0.2, 0.25) is 0 Å². The third-order valence-corrected chi connectivity index (χ3v) is 3.31. The second kappa shape index (κ2) is 6.48. The first-order valence-electron chi connectivity index (χ1n) is 7.77. The molecule has 23 heavy (non-hydrogen) atoms. The lowest BCUT2D eigenvalue weighted by molar-refractivity contribution is -0.188. The zero-order valence-electron chi connectivity index (χ0n) is 14.9. The lowest BCUT2D eigenvalue weighted by atomic mass is 9.72. The lowest BCUT2D eigenvalue weighted by Gasteiger charge is -2.38. The molecule has 0 aromatic carbocycles. The molecular formula is C18H28O5. The van der Waals surface area contributed by atoms with Crippen LogP contribution in [-0.4, -0.2) is 34.4 Å². The second-order valence-electron chi connectivity index (χ2n) is 7.98. The van der Waals surface area contributed by atoms with Crippen LogP contribution < -0.4 is 0 Å². The molecule has 0 aromatic heterocycles. The lowest BCUT2D eigenvalue weighted by Crippen LogP contribution is -2.49. The van der Waals surface area contributed by atoms with E-state index in [1.165, 1.54) is 6.08 Å². The Hall–Kier alpha value is -1.62. The standard InChI is InChI=1S/C18H28O5/c1-8-12-9-13(19)11-18(10-12,14(20)22-16(2,3)4)15(21)23-17(5,6)7/h8-9,13,19H,1,10-11H2,2-7H3. The summed E-state index contributed by atoms with van der Waals surface area (Å²) in [5, 5.41) is 10.1. The van der Waals surface area contributed by atoms with E-state index in [-0.39, 0.29) is 12.8 Å². The van der Waals surface area contributed by atoms with E-state index in [2.05, 4.69) is 6.58 Å². The predicted molar refractivity (Wildman–Crippen MR) is 87.6 cm³/mol. The van der Waals surface area contributed by atoms with Crippen molar-refractivity contribution in [3.8, 4) is 0 Å². The van der Waals surface area contributed by atoms with E-state index >= 15 is 0 Å². The number of allylic oxidation sites excluding steroid dienone is 2. The summed E-state index contributed by atoms with van der Waals surface area (Å²) in [6, 6.07) is 0. The van der Waals surface area contributed by atoms with Gasteiger partial charge in [-0.3, -0.25) is 9.59 Å². The number of carbonyl (C=O) groups is 2. The van der Waals surface area contributed by atoms with Crippen LogP contribution in [0.4, 0.5) is 0 Å². The molecule has 1 N–H and O–H groups in total. The summed E-state index contributed by atoms with van der Waals surface area (Å²) < 4.78 is 10.9. The van der Waals surface area contributed by atoms with Gasteiger partial charge in [-0.15, -0.1) is 0 Å². The maximum Gasteiger partial charge on any atom is 0.324 e. The van der Waals surface area contributed by atoms with Crippen molar-refractivity contribution in [2.75, 3.05) is 0 Å². The molecule has 1 aliphatic carbocycles. The highest BCUT2D eigenvalue weighted by molar-refractivity contribution is 6.01. The quantitative estimate of drug-likeness (QED) is 0.638. The van der Waals surface area contributed by atoms with E-state index in [9.17, 15) is 14.7 Å². The fourth-order valence-corrected chi connectivity index (χ4v) is 2.43. The summed E-state index contributed by atoms with van der Waals surface area (Å²) in [5.74, 6) is -1.35. The van der Waals surface area contributed by atoms with E-state index in [0.29, 0.717) is 5.57 Å². The van der Waals surface area contributed by atoms with Gasteiger partial charge in [-0.1, -0.05) is 18.7 Å². The molecule has 0 aliphatic heterocycles. The Balaban J connectivity index is 3.26. The summed E-state index contributed by atoms with van der Waals surface area (Å²) in [5.41, 5.74) is -2.42. The van der Waals surface area contributed by atoms with Gasteiger partial charge in [0.1, 0.15) is 11.2 Å². The molecule has 0 amide bonds. The molecule has 0 bridgehead atoms. The molecule has 1 atom stereocenters. The Bertz CT molecular complexity index is 489.